The third-order valence-electron chi connectivity index (χ3n) is 5.70. The van der Waals surface area contributed by atoms with E-state index < -0.39 is 12.3 Å². The lowest BCUT2D eigenvalue weighted by Crippen LogP contribution is -2.48. The molecule has 0 bridgehead atoms. The van der Waals surface area contributed by atoms with E-state index >= 15 is 0 Å². The predicted molar refractivity (Wildman–Crippen MR) is 125 cm³/mol. The van der Waals surface area contributed by atoms with Gasteiger partial charge in [-0.25, -0.2) is 0 Å². The molecule has 6 heteroatoms. The molecule has 2 aromatic carbocycles. The number of aromatic nitrogens is 1. The van der Waals surface area contributed by atoms with Gasteiger partial charge in [0.25, 0.3) is 0 Å². The van der Waals surface area contributed by atoms with E-state index in [1.807, 2.05) is 42.6 Å². The number of aromatic amines is 1. The van der Waals surface area contributed by atoms with Crippen molar-refractivity contribution in [3.05, 3.63) is 70.0 Å². The molecule has 4 nitrogen and oxygen atoms in total. The lowest BCUT2D eigenvalue weighted by atomic mass is 10.0. The zero-order chi connectivity index (χ0) is 20.7. The van der Waals surface area contributed by atoms with Crippen molar-refractivity contribution in [1.29, 1.82) is 0 Å². The first-order valence-electron chi connectivity index (χ1n) is 10.1. The van der Waals surface area contributed by atoms with Gasteiger partial charge in [-0.1, -0.05) is 35.9 Å². The maximum atomic E-state index is 10.5. The van der Waals surface area contributed by atoms with E-state index in [1.54, 1.807) is 18.3 Å². The van der Waals surface area contributed by atoms with Crippen molar-refractivity contribution in [2.24, 2.45) is 0 Å². The quantitative estimate of drug-likeness (QED) is 0.407. The smallest absolute Gasteiger partial charge is 0.178 e. The zero-order valence-electron chi connectivity index (χ0n) is 16.6. The van der Waals surface area contributed by atoms with E-state index in [0.29, 0.717) is 0 Å². The van der Waals surface area contributed by atoms with Crippen LogP contribution in [0.1, 0.15) is 18.2 Å². The normalized spacial score (nSPS) is 17.2. The number of halogens is 1. The van der Waals surface area contributed by atoms with Crippen LogP contribution in [-0.4, -0.2) is 40.4 Å². The lowest BCUT2D eigenvalue weighted by Gasteiger charge is -2.35. The van der Waals surface area contributed by atoms with E-state index in [-0.39, 0.29) is 0 Å². The second-order valence-electron chi connectivity index (χ2n) is 7.68. The average molecular weight is 439 g/mol. The van der Waals surface area contributed by atoms with Gasteiger partial charge in [-0.3, -0.25) is 4.90 Å². The van der Waals surface area contributed by atoms with Gasteiger partial charge in [0.15, 0.2) is 6.23 Å². The zero-order valence-corrected chi connectivity index (χ0v) is 18.2. The maximum absolute atomic E-state index is 10.5. The molecule has 4 aromatic rings. The molecule has 2 N–H and O–H groups in total. The largest absolute Gasteiger partial charge is 0.472 e. The molecule has 2 unspecified atom stereocenters. The van der Waals surface area contributed by atoms with Crippen molar-refractivity contribution in [1.82, 2.24) is 9.88 Å². The van der Waals surface area contributed by atoms with Gasteiger partial charge in [-0.15, -0.1) is 11.3 Å². The van der Waals surface area contributed by atoms with Crippen LogP contribution in [0.5, 0.6) is 5.75 Å². The summed E-state index contributed by atoms with van der Waals surface area (Å²) >= 11 is 8.10. The van der Waals surface area contributed by atoms with E-state index in [0.717, 1.165) is 46.6 Å². The molecule has 0 saturated carbocycles. The Morgan fingerprint density at radius 3 is 2.80 bits per heavy atom. The van der Waals surface area contributed by atoms with Crippen LogP contribution >= 0.6 is 22.9 Å². The average Bonchev–Trinajstić information content (AvgIpc) is 3.40. The van der Waals surface area contributed by atoms with Gasteiger partial charge in [-0.2, -0.15) is 0 Å². The summed E-state index contributed by atoms with van der Waals surface area (Å²) in [7, 11) is 0. The number of hydrogen-bond acceptors (Lipinski definition) is 4. The summed E-state index contributed by atoms with van der Waals surface area (Å²) in [4.78, 5) is 6.70. The Hall–Kier alpha value is -2.31. The monoisotopic (exact) mass is 438 g/mol. The van der Waals surface area contributed by atoms with Gasteiger partial charge in [-0.05, 0) is 43.2 Å². The Labute approximate surface area is 184 Å². The minimum absolute atomic E-state index is 0.405. The Morgan fingerprint density at radius 1 is 1.13 bits per heavy atom. The Morgan fingerprint density at radius 2 is 2.00 bits per heavy atom. The molecule has 0 spiro atoms. The highest BCUT2D eigenvalue weighted by Crippen LogP contribution is 2.38. The fraction of sp³-hybridized carbons (Fsp3) is 0.250. The van der Waals surface area contributed by atoms with Crippen molar-refractivity contribution < 1.29 is 9.84 Å². The number of aliphatic hydroxyl groups excluding tert-OH is 1. The summed E-state index contributed by atoms with van der Waals surface area (Å²) in [6.45, 7) is 3.34. The summed E-state index contributed by atoms with van der Waals surface area (Å²) in [6.07, 6.45) is 4.05. The molecule has 0 radical (unpaired) electrons. The van der Waals surface area contributed by atoms with Crippen LogP contribution in [0.25, 0.3) is 27.2 Å². The first-order valence-corrected chi connectivity index (χ1v) is 11.4. The molecule has 2 atom stereocenters. The standard InChI is InChI=1S/C24H23ClN2O2S/c1-15(28)24(29-22-7-3-6-21-18(22)8-11-26-21)27-12-9-16(10-13-27)23-17-4-2-5-20(25)19(17)14-30-23/h2-9,11,14-15,24,26,28H,10,12-13H2,1H3. The number of fused-ring (bicyclic) bond motifs is 2. The number of rotatable bonds is 5. The molecular weight excluding hydrogens is 416 g/mol. The van der Waals surface area contributed by atoms with Crippen LogP contribution in [0.15, 0.2) is 60.1 Å². The molecule has 0 aliphatic carbocycles. The molecule has 154 valence electrons. The third-order valence-corrected chi connectivity index (χ3v) is 7.10. The summed E-state index contributed by atoms with van der Waals surface area (Å²) in [6, 6.07) is 14.0. The Balaban J connectivity index is 1.38. The Bertz CT molecular complexity index is 1230. The lowest BCUT2D eigenvalue weighted by molar-refractivity contribution is -0.0528. The predicted octanol–water partition coefficient (Wildman–Crippen LogP) is 5.91. The topological polar surface area (TPSA) is 48.5 Å². The highest BCUT2D eigenvalue weighted by molar-refractivity contribution is 7.13. The van der Waals surface area contributed by atoms with Gasteiger partial charge in [0.2, 0.25) is 0 Å². The summed E-state index contributed by atoms with van der Waals surface area (Å²) in [5.74, 6) is 0.785. The number of nitrogens with one attached hydrogen (secondary N) is 1. The first-order chi connectivity index (χ1) is 14.6. The van der Waals surface area contributed by atoms with Crippen molar-refractivity contribution in [3.63, 3.8) is 0 Å². The second kappa shape index (κ2) is 8.08. The SMILES string of the molecule is CC(O)C(Oc1cccc2[nH]ccc12)N1CC=C(c2scc3c(Cl)cccc23)CC1. The summed E-state index contributed by atoms with van der Waals surface area (Å²) < 4.78 is 6.31. The van der Waals surface area contributed by atoms with Crippen LogP contribution in [0.3, 0.4) is 0 Å². The van der Waals surface area contributed by atoms with Crippen molar-refractivity contribution in [2.75, 3.05) is 13.1 Å². The molecule has 30 heavy (non-hydrogen) atoms. The van der Waals surface area contributed by atoms with Crippen LogP contribution in [-0.2, 0) is 0 Å². The van der Waals surface area contributed by atoms with Crippen molar-refractivity contribution >= 4 is 50.2 Å². The van der Waals surface area contributed by atoms with Crippen LogP contribution in [0.4, 0.5) is 0 Å². The summed E-state index contributed by atoms with van der Waals surface area (Å²) in [5.41, 5.74) is 2.37. The number of hydrogen-bond donors (Lipinski definition) is 2. The van der Waals surface area contributed by atoms with Crippen molar-refractivity contribution in [3.8, 4) is 5.75 Å². The molecular formula is C24H23ClN2O2S. The van der Waals surface area contributed by atoms with Gasteiger partial charge >= 0.3 is 0 Å². The third kappa shape index (κ3) is 3.52. The van der Waals surface area contributed by atoms with Crippen LogP contribution in [0.2, 0.25) is 5.02 Å². The maximum Gasteiger partial charge on any atom is 0.178 e. The van der Waals surface area contributed by atoms with Crippen molar-refractivity contribution in [2.45, 2.75) is 25.7 Å². The fourth-order valence-corrected chi connectivity index (χ4v) is 5.60. The molecule has 0 amide bonds. The first kappa shape index (κ1) is 19.6. The number of benzene rings is 2. The molecule has 5 rings (SSSR count). The number of aliphatic hydroxyl groups is 1. The van der Waals surface area contributed by atoms with Gasteiger partial charge in [0.1, 0.15) is 11.9 Å². The van der Waals surface area contributed by atoms with Gasteiger partial charge < -0.3 is 14.8 Å². The van der Waals surface area contributed by atoms with Crippen LogP contribution in [0, 0.1) is 0 Å². The Kier molecular flexibility index (Phi) is 5.29. The molecule has 2 aromatic heterocycles. The van der Waals surface area contributed by atoms with E-state index in [2.05, 4.69) is 27.4 Å². The molecule has 1 aliphatic rings. The summed E-state index contributed by atoms with van der Waals surface area (Å²) in [5, 5.41) is 16.8. The minimum atomic E-state index is -0.615. The van der Waals surface area contributed by atoms with Crippen LogP contribution < -0.4 is 4.74 Å². The molecule has 3 heterocycles. The fourth-order valence-electron chi connectivity index (χ4n) is 4.17. The highest BCUT2D eigenvalue weighted by atomic mass is 35.5. The highest BCUT2D eigenvalue weighted by Gasteiger charge is 2.28. The number of H-pyrrole nitrogens is 1. The molecule has 0 fully saturated rings. The van der Waals surface area contributed by atoms with Gasteiger partial charge in [0.05, 0.1) is 0 Å². The molecule has 1 aliphatic heterocycles. The molecule has 0 saturated heterocycles. The van der Waals surface area contributed by atoms with E-state index in [1.165, 1.54) is 15.8 Å². The van der Waals surface area contributed by atoms with E-state index in [4.69, 9.17) is 16.3 Å². The van der Waals surface area contributed by atoms with Gasteiger partial charge in [0, 0.05) is 56.2 Å². The van der Waals surface area contributed by atoms with E-state index in [9.17, 15) is 5.11 Å². The minimum Gasteiger partial charge on any atom is -0.472 e. The number of thiophene rings is 1. The second-order valence-corrected chi connectivity index (χ2v) is 8.97. The number of ether oxygens (including phenoxy) is 1. The number of nitrogens with zero attached hydrogens (tertiary/aromatic N) is 1.